The molecule has 0 fully saturated rings. The number of nitrogens with two attached hydrogens (primary N) is 1. The minimum absolute atomic E-state index is 0.0132. The van der Waals surface area contributed by atoms with E-state index in [0.29, 0.717) is 17.0 Å². The Labute approximate surface area is 130 Å². The molecule has 0 aliphatic carbocycles. The van der Waals surface area contributed by atoms with Crippen molar-refractivity contribution in [2.75, 3.05) is 0 Å². The lowest BCUT2D eigenvalue weighted by atomic mass is 9.99. The number of aryl methyl sites for hydroxylation is 2. The number of rotatable bonds is 6. The van der Waals surface area contributed by atoms with E-state index in [4.69, 9.17) is 17.4 Å². The van der Waals surface area contributed by atoms with E-state index in [0.717, 1.165) is 12.8 Å². The van der Waals surface area contributed by atoms with Crippen molar-refractivity contribution in [3.05, 3.63) is 70.0 Å². The normalized spacial score (nSPS) is 12.4. The molecule has 0 radical (unpaired) electrons. The number of halogens is 2. The summed E-state index contributed by atoms with van der Waals surface area (Å²) in [4.78, 5) is 0. The molecule has 0 saturated carbocycles. The second-order valence-electron chi connectivity index (χ2n) is 5.33. The maximum Gasteiger partial charge on any atom is 0.126 e. The highest BCUT2D eigenvalue weighted by Gasteiger charge is 2.12. The SMILES string of the molecule is Cc1ccc(CCC(Cc2cc(Cl)ccc2F)NN)cc1. The molecule has 1 atom stereocenters. The summed E-state index contributed by atoms with van der Waals surface area (Å²) in [6.45, 7) is 2.07. The average Bonchev–Trinajstić information content (AvgIpc) is 2.48. The first-order chi connectivity index (χ1) is 10.1. The molecule has 0 aromatic heterocycles. The van der Waals surface area contributed by atoms with E-state index >= 15 is 0 Å². The first-order valence-electron chi connectivity index (χ1n) is 7.04. The Morgan fingerprint density at radius 2 is 1.90 bits per heavy atom. The predicted molar refractivity (Wildman–Crippen MR) is 85.7 cm³/mol. The van der Waals surface area contributed by atoms with Gasteiger partial charge in [-0.3, -0.25) is 11.3 Å². The summed E-state index contributed by atoms with van der Waals surface area (Å²) in [5.74, 6) is 5.35. The Morgan fingerprint density at radius 3 is 2.57 bits per heavy atom. The van der Waals surface area contributed by atoms with Crippen molar-refractivity contribution in [2.24, 2.45) is 5.84 Å². The Hall–Kier alpha value is -1.42. The van der Waals surface area contributed by atoms with Gasteiger partial charge in [0.1, 0.15) is 5.82 Å². The summed E-state index contributed by atoms with van der Waals surface area (Å²) in [6, 6.07) is 13.0. The summed E-state index contributed by atoms with van der Waals surface area (Å²) in [7, 11) is 0. The molecule has 0 saturated heterocycles. The van der Waals surface area contributed by atoms with Gasteiger partial charge in [-0.1, -0.05) is 41.4 Å². The first-order valence-corrected chi connectivity index (χ1v) is 7.42. The van der Waals surface area contributed by atoms with Gasteiger partial charge in [0, 0.05) is 11.1 Å². The molecule has 3 N–H and O–H groups in total. The molecule has 2 nitrogen and oxygen atoms in total. The van der Waals surface area contributed by atoms with Gasteiger partial charge in [-0.05, 0) is 55.5 Å². The van der Waals surface area contributed by atoms with Gasteiger partial charge in [-0.15, -0.1) is 0 Å². The fraction of sp³-hybridized carbons (Fsp3) is 0.294. The molecule has 4 heteroatoms. The number of benzene rings is 2. The fourth-order valence-electron chi connectivity index (χ4n) is 2.31. The third kappa shape index (κ3) is 4.81. The molecule has 0 aliphatic rings. The van der Waals surface area contributed by atoms with Crippen molar-refractivity contribution in [1.82, 2.24) is 5.43 Å². The summed E-state index contributed by atoms with van der Waals surface area (Å²) < 4.78 is 13.7. The van der Waals surface area contributed by atoms with Gasteiger partial charge in [0.05, 0.1) is 0 Å². The molecule has 1 unspecified atom stereocenters. The molecule has 0 spiro atoms. The third-order valence-corrected chi connectivity index (χ3v) is 3.85. The standard InChI is InChI=1S/C17H20ClFN2/c1-12-2-4-13(5-3-12)6-8-16(21-20)11-14-10-15(18)7-9-17(14)19/h2-5,7,9-10,16,21H,6,8,11,20H2,1H3. The van der Waals surface area contributed by atoms with Crippen LogP contribution in [-0.4, -0.2) is 6.04 Å². The van der Waals surface area contributed by atoms with Crippen LogP contribution in [0.4, 0.5) is 4.39 Å². The van der Waals surface area contributed by atoms with E-state index in [9.17, 15) is 4.39 Å². The second kappa shape index (κ2) is 7.55. The molecule has 0 heterocycles. The van der Waals surface area contributed by atoms with Crippen molar-refractivity contribution >= 4 is 11.6 Å². The van der Waals surface area contributed by atoms with E-state index in [1.807, 2.05) is 0 Å². The van der Waals surface area contributed by atoms with Crippen LogP contribution >= 0.6 is 11.6 Å². The zero-order valence-electron chi connectivity index (χ0n) is 12.1. The highest BCUT2D eigenvalue weighted by atomic mass is 35.5. The smallest absolute Gasteiger partial charge is 0.126 e. The van der Waals surface area contributed by atoms with Gasteiger partial charge in [0.2, 0.25) is 0 Å². The maximum absolute atomic E-state index is 13.7. The molecule has 0 amide bonds. The second-order valence-corrected chi connectivity index (χ2v) is 5.76. The molecule has 21 heavy (non-hydrogen) atoms. The number of nitrogens with one attached hydrogen (secondary N) is 1. The third-order valence-electron chi connectivity index (χ3n) is 3.61. The molecular formula is C17H20ClFN2. The van der Waals surface area contributed by atoms with Crippen LogP contribution in [0.2, 0.25) is 5.02 Å². The molecule has 112 valence electrons. The van der Waals surface area contributed by atoms with Gasteiger partial charge in [-0.25, -0.2) is 4.39 Å². The average molecular weight is 307 g/mol. The molecule has 0 bridgehead atoms. The largest absolute Gasteiger partial charge is 0.271 e. The lowest BCUT2D eigenvalue weighted by molar-refractivity contribution is 0.480. The van der Waals surface area contributed by atoms with Crippen LogP contribution in [0, 0.1) is 12.7 Å². The minimum atomic E-state index is -0.241. The van der Waals surface area contributed by atoms with E-state index in [1.165, 1.54) is 17.2 Å². The molecule has 0 aliphatic heterocycles. The first kappa shape index (κ1) is 16.0. The van der Waals surface area contributed by atoms with Crippen LogP contribution in [0.5, 0.6) is 0 Å². The quantitative estimate of drug-likeness (QED) is 0.629. The lowest BCUT2D eigenvalue weighted by Crippen LogP contribution is -2.37. The Bertz CT molecular complexity index is 584. The number of hydrogen-bond acceptors (Lipinski definition) is 2. The molecule has 2 aromatic rings. The van der Waals surface area contributed by atoms with Gasteiger partial charge in [0.15, 0.2) is 0 Å². The summed E-state index contributed by atoms with van der Waals surface area (Å²) >= 11 is 5.91. The van der Waals surface area contributed by atoms with E-state index < -0.39 is 0 Å². The molecular weight excluding hydrogens is 287 g/mol. The van der Waals surface area contributed by atoms with E-state index in [-0.39, 0.29) is 11.9 Å². The Morgan fingerprint density at radius 1 is 1.19 bits per heavy atom. The monoisotopic (exact) mass is 306 g/mol. The van der Waals surface area contributed by atoms with Gasteiger partial charge < -0.3 is 0 Å². The van der Waals surface area contributed by atoms with Crippen molar-refractivity contribution in [1.29, 1.82) is 0 Å². The lowest BCUT2D eigenvalue weighted by Gasteiger charge is -2.16. The van der Waals surface area contributed by atoms with E-state index in [1.54, 1.807) is 12.1 Å². The topological polar surface area (TPSA) is 38.0 Å². The van der Waals surface area contributed by atoms with Crippen LogP contribution in [-0.2, 0) is 12.8 Å². The van der Waals surface area contributed by atoms with Crippen LogP contribution in [0.3, 0.4) is 0 Å². The Kier molecular flexibility index (Phi) is 5.74. The Balaban J connectivity index is 1.96. The summed E-state index contributed by atoms with van der Waals surface area (Å²) in [5, 5.41) is 0.542. The van der Waals surface area contributed by atoms with Gasteiger partial charge in [-0.2, -0.15) is 0 Å². The number of hydrazine groups is 1. The minimum Gasteiger partial charge on any atom is -0.271 e. The molecule has 2 rings (SSSR count). The molecule has 2 aromatic carbocycles. The van der Waals surface area contributed by atoms with Crippen molar-refractivity contribution in [3.8, 4) is 0 Å². The van der Waals surface area contributed by atoms with Gasteiger partial charge in [0.25, 0.3) is 0 Å². The van der Waals surface area contributed by atoms with Gasteiger partial charge >= 0.3 is 0 Å². The highest BCUT2D eigenvalue weighted by molar-refractivity contribution is 6.30. The fourth-order valence-corrected chi connectivity index (χ4v) is 2.50. The highest BCUT2D eigenvalue weighted by Crippen LogP contribution is 2.18. The summed E-state index contributed by atoms with van der Waals surface area (Å²) in [5.41, 5.74) is 5.86. The zero-order chi connectivity index (χ0) is 15.2. The summed E-state index contributed by atoms with van der Waals surface area (Å²) in [6.07, 6.45) is 2.26. The van der Waals surface area contributed by atoms with Crippen LogP contribution in [0.1, 0.15) is 23.1 Å². The number of hydrogen-bond donors (Lipinski definition) is 2. The van der Waals surface area contributed by atoms with Crippen molar-refractivity contribution < 1.29 is 4.39 Å². The maximum atomic E-state index is 13.7. The van der Waals surface area contributed by atoms with Crippen LogP contribution in [0.25, 0.3) is 0 Å². The van der Waals surface area contributed by atoms with Crippen molar-refractivity contribution in [2.45, 2.75) is 32.2 Å². The zero-order valence-corrected chi connectivity index (χ0v) is 12.8. The van der Waals surface area contributed by atoms with Crippen molar-refractivity contribution in [3.63, 3.8) is 0 Å². The van der Waals surface area contributed by atoms with E-state index in [2.05, 4.69) is 36.6 Å². The van der Waals surface area contributed by atoms with Crippen LogP contribution in [0.15, 0.2) is 42.5 Å². The van der Waals surface area contributed by atoms with Crippen LogP contribution < -0.4 is 11.3 Å². The predicted octanol–water partition coefficient (Wildman–Crippen LogP) is 3.79.